The van der Waals surface area contributed by atoms with Crippen LogP contribution in [-0.4, -0.2) is 31.7 Å². The SMILES string of the molecule is CC(C)c1nc(N(C)S(C)(=O)=O)nc(-c2ccc(F)cc2)c1P(Br)(c1ccccc1)(c1ccccc1)c1ccccc1. The molecule has 4 aromatic carbocycles. The second-order valence-corrected chi connectivity index (χ2v) is 20.8. The van der Waals surface area contributed by atoms with Crippen molar-refractivity contribution in [1.29, 1.82) is 0 Å². The fraction of sp³-hybridized carbons (Fsp3) is 0.152. The summed E-state index contributed by atoms with van der Waals surface area (Å²) in [7, 11) is -2.23. The molecular weight excluding hydrogens is 632 g/mol. The van der Waals surface area contributed by atoms with E-state index in [-0.39, 0.29) is 17.7 Å². The average molecular weight is 665 g/mol. The number of benzene rings is 4. The van der Waals surface area contributed by atoms with E-state index in [1.807, 2.05) is 68.4 Å². The van der Waals surface area contributed by atoms with Gasteiger partial charge in [-0.15, -0.1) is 0 Å². The molecule has 0 saturated heterocycles. The van der Waals surface area contributed by atoms with Gasteiger partial charge in [0.05, 0.1) is 0 Å². The third kappa shape index (κ3) is 4.96. The van der Waals surface area contributed by atoms with Crippen molar-refractivity contribution < 1.29 is 12.8 Å². The first-order chi connectivity index (χ1) is 20.0. The predicted octanol–water partition coefficient (Wildman–Crippen LogP) is 6.27. The van der Waals surface area contributed by atoms with Gasteiger partial charge in [-0.2, -0.15) is 0 Å². The topological polar surface area (TPSA) is 63.2 Å². The van der Waals surface area contributed by atoms with Crippen molar-refractivity contribution in [2.75, 3.05) is 17.6 Å². The van der Waals surface area contributed by atoms with Crippen LogP contribution in [-0.2, 0) is 10.0 Å². The molecule has 0 radical (unpaired) electrons. The van der Waals surface area contributed by atoms with Gasteiger partial charge in [0.15, 0.2) is 0 Å². The quantitative estimate of drug-likeness (QED) is 0.184. The molecule has 0 amide bonds. The van der Waals surface area contributed by atoms with Gasteiger partial charge in [-0.05, 0) is 0 Å². The molecule has 1 heterocycles. The fourth-order valence-electron chi connectivity index (χ4n) is 5.33. The molecule has 0 aliphatic carbocycles. The number of hydrogen-bond donors (Lipinski definition) is 0. The van der Waals surface area contributed by atoms with Crippen LogP contribution in [0.25, 0.3) is 11.3 Å². The van der Waals surface area contributed by atoms with Crippen LogP contribution in [0.3, 0.4) is 0 Å². The third-order valence-corrected chi connectivity index (χ3v) is 18.5. The Hall–Kier alpha value is -3.45. The van der Waals surface area contributed by atoms with Crippen LogP contribution < -0.4 is 25.5 Å². The van der Waals surface area contributed by atoms with Gasteiger partial charge in [0, 0.05) is 0 Å². The summed E-state index contributed by atoms with van der Waals surface area (Å²) in [5.41, 5.74) is 1.88. The Balaban J connectivity index is 2.11. The maximum atomic E-state index is 14.3. The van der Waals surface area contributed by atoms with Crippen molar-refractivity contribution in [2.24, 2.45) is 0 Å². The first-order valence-corrected chi connectivity index (χ1v) is 19.6. The van der Waals surface area contributed by atoms with Gasteiger partial charge in [-0.1, -0.05) is 0 Å². The molecule has 5 rings (SSSR count). The summed E-state index contributed by atoms with van der Waals surface area (Å²) in [5.74, 6) is -0.461. The van der Waals surface area contributed by atoms with Gasteiger partial charge in [0.1, 0.15) is 0 Å². The monoisotopic (exact) mass is 663 g/mol. The Morgan fingerprint density at radius 3 is 1.55 bits per heavy atom. The zero-order valence-corrected chi connectivity index (χ0v) is 27.1. The molecule has 0 bridgehead atoms. The first kappa shape index (κ1) is 30.0. The van der Waals surface area contributed by atoms with Crippen LogP contribution in [0.15, 0.2) is 115 Å². The molecule has 1 aromatic heterocycles. The van der Waals surface area contributed by atoms with Crippen LogP contribution in [0.4, 0.5) is 10.3 Å². The van der Waals surface area contributed by atoms with Crippen molar-refractivity contribution in [3.05, 3.63) is 127 Å². The van der Waals surface area contributed by atoms with Crippen molar-refractivity contribution in [3.63, 3.8) is 0 Å². The molecule has 0 aliphatic heterocycles. The van der Waals surface area contributed by atoms with E-state index in [1.165, 1.54) is 19.2 Å². The predicted molar refractivity (Wildman–Crippen MR) is 178 cm³/mol. The molecule has 0 spiro atoms. The van der Waals surface area contributed by atoms with Crippen LogP contribution >= 0.6 is 20.8 Å². The summed E-state index contributed by atoms with van der Waals surface area (Å²) in [4.78, 5) is 9.98. The Morgan fingerprint density at radius 2 is 1.17 bits per heavy atom. The second-order valence-electron chi connectivity index (χ2n) is 10.5. The second kappa shape index (κ2) is 11.3. The van der Waals surface area contributed by atoms with Crippen LogP contribution in [0.5, 0.6) is 0 Å². The Labute approximate surface area is 255 Å². The van der Waals surface area contributed by atoms with E-state index in [1.54, 1.807) is 12.1 Å². The van der Waals surface area contributed by atoms with Gasteiger partial charge >= 0.3 is 256 Å². The molecule has 9 heteroatoms. The Kier molecular flexibility index (Phi) is 8.10. The molecule has 5 nitrogen and oxygen atoms in total. The summed E-state index contributed by atoms with van der Waals surface area (Å²) in [5, 5.41) is 0.0578. The zero-order valence-electron chi connectivity index (χ0n) is 23.8. The van der Waals surface area contributed by atoms with Crippen molar-refractivity contribution in [2.45, 2.75) is 19.8 Å². The number of anilines is 1. The number of nitrogens with zero attached hydrogens (tertiary/aromatic N) is 3. The molecule has 0 saturated carbocycles. The van der Waals surface area contributed by atoms with Gasteiger partial charge in [0.2, 0.25) is 0 Å². The van der Waals surface area contributed by atoms with Crippen LogP contribution in [0.1, 0.15) is 25.5 Å². The van der Waals surface area contributed by atoms with E-state index in [4.69, 9.17) is 9.97 Å². The Bertz CT molecular complexity index is 1720. The zero-order chi connectivity index (χ0) is 30.1. The molecule has 0 unspecified atom stereocenters. The van der Waals surface area contributed by atoms with Gasteiger partial charge in [-0.25, -0.2) is 0 Å². The molecule has 216 valence electrons. The normalized spacial score (nSPS) is 13.0. The van der Waals surface area contributed by atoms with Gasteiger partial charge < -0.3 is 0 Å². The standard InChI is InChI=1S/C33H32BrFN3O2PS/c1-24(2)30-32(31(25-20-22-26(35)23-21-25)37-33(36-30)38(3)42(4,39)40)41(34,27-14-8-5-9-15-27,28-16-10-6-11-17-28)29-18-12-7-13-19-29/h5-24H,1-4H3. The number of halogens is 2. The molecule has 0 aliphatic rings. The average Bonchev–Trinajstić information content (AvgIpc) is 3.01. The molecular formula is C33H32BrFN3O2PS. The summed E-state index contributed by atoms with van der Waals surface area (Å²) < 4.78 is 40.8. The fourth-order valence-corrected chi connectivity index (χ4v) is 14.1. The Morgan fingerprint density at radius 1 is 0.738 bits per heavy atom. The number of aromatic nitrogens is 2. The summed E-state index contributed by atoms with van der Waals surface area (Å²) in [6.45, 7) is 4.08. The minimum absolute atomic E-state index is 0.0519. The van der Waals surface area contributed by atoms with E-state index >= 15 is 0 Å². The number of rotatable bonds is 8. The summed E-state index contributed by atoms with van der Waals surface area (Å²) in [6.07, 6.45) is 1.12. The van der Waals surface area contributed by atoms with Crippen molar-refractivity contribution >= 4 is 58.0 Å². The summed E-state index contributed by atoms with van der Waals surface area (Å²) >= 11 is 4.55. The van der Waals surface area contributed by atoms with E-state index in [2.05, 4.69) is 51.9 Å². The van der Waals surface area contributed by atoms with Gasteiger partial charge in [0.25, 0.3) is 0 Å². The van der Waals surface area contributed by atoms with E-state index in [0.717, 1.165) is 31.8 Å². The maximum absolute atomic E-state index is 14.3. The van der Waals surface area contributed by atoms with Crippen molar-refractivity contribution in [1.82, 2.24) is 9.97 Å². The van der Waals surface area contributed by atoms with Crippen LogP contribution in [0, 0.1) is 5.82 Å². The van der Waals surface area contributed by atoms with Crippen molar-refractivity contribution in [3.8, 4) is 11.3 Å². The van der Waals surface area contributed by atoms with E-state index < -0.39 is 15.3 Å². The minimum atomic E-state index is -3.87. The van der Waals surface area contributed by atoms with E-state index in [9.17, 15) is 12.8 Å². The number of hydrogen-bond acceptors (Lipinski definition) is 4. The van der Waals surface area contributed by atoms with Gasteiger partial charge in [-0.3, -0.25) is 0 Å². The molecule has 5 aromatic rings. The molecule has 0 N–H and O–H groups in total. The number of sulfonamides is 1. The summed E-state index contributed by atoms with van der Waals surface area (Å²) in [6, 6.07) is 36.9. The molecule has 0 fully saturated rings. The molecule has 42 heavy (non-hydrogen) atoms. The first-order valence-electron chi connectivity index (χ1n) is 13.5. The third-order valence-electron chi connectivity index (χ3n) is 7.49. The van der Waals surface area contributed by atoms with Crippen LogP contribution in [0.2, 0.25) is 0 Å². The van der Waals surface area contributed by atoms with E-state index in [0.29, 0.717) is 17.0 Å². The molecule has 0 atom stereocenters.